The minimum absolute atomic E-state index is 0.0935. The lowest BCUT2D eigenvalue weighted by atomic mass is 9.88. The van der Waals surface area contributed by atoms with Gasteiger partial charge in [-0.1, -0.05) is 18.2 Å². The van der Waals surface area contributed by atoms with Crippen LogP contribution in [0.4, 0.5) is 10.1 Å². The van der Waals surface area contributed by atoms with Crippen LogP contribution in [0.25, 0.3) is 0 Å². The Morgan fingerprint density at radius 2 is 1.74 bits per heavy atom. The van der Waals surface area contributed by atoms with Gasteiger partial charge in [0, 0.05) is 32.4 Å². The first-order valence-electron chi connectivity index (χ1n) is 11.8. The van der Waals surface area contributed by atoms with E-state index in [4.69, 9.17) is 9.47 Å². The van der Waals surface area contributed by atoms with E-state index in [0.717, 1.165) is 43.9 Å². The van der Waals surface area contributed by atoms with Crippen molar-refractivity contribution in [2.24, 2.45) is 0 Å². The molecule has 5 nitrogen and oxygen atoms in total. The van der Waals surface area contributed by atoms with Crippen LogP contribution in [0.2, 0.25) is 0 Å². The molecule has 0 spiro atoms. The molecule has 0 bridgehead atoms. The van der Waals surface area contributed by atoms with Gasteiger partial charge in [-0.05, 0) is 85.1 Å². The number of rotatable bonds is 10. The lowest BCUT2D eigenvalue weighted by Crippen LogP contribution is -2.36. The van der Waals surface area contributed by atoms with Crippen molar-refractivity contribution in [1.29, 1.82) is 0 Å². The van der Waals surface area contributed by atoms with Crippen molar-refractivity contribution >= 4 is 5.69 Å². The van der Waals surface area contributed by atoms with Gasteiger partial charge in [0.15, 0.2) is 0 Å². The number of phenols is 1. The molecule has 0 aromatic heterocycles. The van der Waals surface area contributed by atoms with Gasteiger partial charge in [0.25, 0.3) is 0 Å². The van der Waals surface area contributed by atoms with Gasteiger partial charge >= 0.3 is 0 Å². The van der Waals surface area contributed by atoms with Gasteiger partial charge in [0.2, 0.25) is 0 Å². The summed E-state index contributed by atoms with van der Waals surface area (Å²) in [6, 6.07) is 20.7. The Bertz CT molecular complexity index is 1060. The highest BCUT2D eigenvalue weighted by atomic mass is 19.1. The molecule has 1 atom stereocenters. The third-order valence-corrected chi connectivity index (χ3v) is 6.41. The van der Waals surface area contributed by atoms with E-state index >= 15 is 0 Å². The molecule has 0 aliphatic carbocycles. The molecule has 3 aromatic rings. The summed E-state index contributed by atoms with van der Waals surface area (Å²) in [5, 5.41) is 9.98. The van der Waals surface area contributed by atoms with E-state index in [0.29, 0.717) is 19.0 Å². The molecule has 3 aromatic carbocycles. The van der Waals surface area contributed by atoms with E-state index in [1.165, 1.54) is 28.8 Å². The smallest absolute Gasteiger partial charge is 0.123 e. The number of benzene rings is 3. The lowest BCUT2D eigenvalue weighted by Gasteiger charge is -2.39. The van der Waals surface area contributed by atoms with Crippen molar-refractivity contribution in [2.45, 2.75) is 18.9 Å². The summed E-state index contributed by atoms with van der Waals surface area (Å²) in [7, 11) is 3.76. The maximum Gasteiger partial charge on any atom is 0.123 e. The first kappa shape index (κ1) is 24.0. The zero-order chi connectivity index (χ0) is 23.9. The third-order valence-electron chi connectivity index (χ3n) is 6.41. The van der Waals surface area contributed by atoms with E-state index < -0.39 is 0 Å². The molecule has 0 fully saturated rings. The van der Waals surface area contributed by atoms with E-state index in [2.05, 4.69) is 29.0 Å². The van der Waals surface area contributed by atoms with E-state index in [1.54, 1.807) is 13.2 Å². The van der Waals surface area contributed by atoms with Crippen molar-refractivity contribution in [3.63, 3.8) is 0 Å². The molecule has 1 unspecified atom stereocenters. The van der Waals surface area contributed by atoms with Crippen molar-refractivity contribution < 1.29 is 19.0 Å². The SMILES string of the molecule is COCCN(C)CCOc1ccc(CC2c3ccc(O)cc3CCN2c2ccc(F)cc2)cc1. The Kier molecular flexibility index (Phi) is 8.03. The first-order valence-corrected chi connectivity index (χ1v) is 11.8. The normalized spacial score (nSPS) is 15.4. The van der Waals surface area contributed by atoms with Gasteiger partial charge < -0.3 is 24.4 Å². The predicted octanol–water partition coefficient (Wildman–Crippen LogP) is 4.83. The molecule has 0 saturated carbocycles. The fourth-order valence-corrected chi connectivity index (χ4v) is 4.48. The number of aromatic hydroxyl groups is 1. The standard InChI is InChI=1S/C28H33FN2O3/c1-30(15-17-33-2)16-18-34-26-10-3-21(4-11-26)19-28-27-12-9-25(32)20-22(27)13-14-31(28)24-7-5-23(29)6-8-24/h3-12,20,28,32H,13-19H2,1-2H3. The average molecular weight is 465 g/mol. The molecule has 1 heterocycles. The predicted molar refractivity (Wildman–Crippen MR) is 133 cm³/mol. The summed E-state index contributed by atoms with van der Waals surface area (Å²) in [5.41, 5.74) is 4.57. The molecule has 1 aliphatic rings. The summed E-state index contributed by atoms with van der Waals surface area (Å²) >= 11 is 0. The maximum absolute atomic E-state index is 13.5. The molecule has 1 N–H and O–H groups in total. The van der Waals surface area contributed by atoms with Gasteiger partial charge in [0.1, 0.15) is 23.9 Å². The second-order valence-corrected chi connectivity index (χ2v) is 8.81. The average Bonchev–Trinajstić information content (AvgIpc) is 2.84. The number of ether oxygens (including phenoxy) is 2. The fraction of sp³-hybridized carbons (Fsp3) is 0.357. The molecule has 34 heavy (non-hydrogen) atoms. The van der Waals surface area contributed by atoms with Crippen molar-refractivity contribution in [2.75, 3.05) is 51.9 Å². The number of fused-ring (bicyclic) bond motifs is 1. The van der Waals surface area contributed by atoms with Crippen LogP contribution in [-0.2, 0) is 17.6 Å². The number of halogens is 1. The Labute approximate surface area is 201 Å². The van der Waals surface area contributed by atoms with Gasteiger partial charge in [-0.25, -0.2) is 4.39 Å². The largest absolute Gasteiger partial charge is 0.508 e. The molecule has 180 valence electrons. The van der Waals surface area contributed by atoms with Gasteiger partial charge in [0.05, 0.1) is 12.6 Å². The third kappa shape index (κ3) is 6.07. The number of nitrogens with zero attached hydrogens (tertiary/aromatic N) is 2. The van der Waals surface area contributed by atoms with Crippen LogP contribution in [0.3, 0.4) is 0 Å². The number of anilines is 1. The van der Waals surface area contributed by atoms with Crippen LogP contribution >= 0.6 is 0 Å². The molecule has 6 heteroatoms. The first-order chi connectivity index (χ1) is 16.5. The molecule has 1 aliphatic heterocycles. The Morgan fingerprint density at radius 3 is 2.47 bits per heavy atom. The monoisotopic (exact) mass is 464 g/mol. The van der Waals surface area contributed by atoms with E-state index in [1.807, 2.05) is 36.4 Å². The highest BCUT2D eigenvalue weighted by Crippen LogP contribution is 2.37. The minimum atomic E-state index is -0.233. The zero-order valence-corrected chi connectivity index (χ0v) is 19.9. The maximum atomic E-state index is 13.5. The van der Waals surface area contributed by atoms with Crippen LogP contribution in [0.5, 0.6) is 11.5 Å². The van der Waals surface area contributed by atoms with Gasteiger partial charge in [-0.2, -0.15) is 0 Å². The molecular formula is C28H33FN2O3. The molecule has 0 radical (unpaired) electrons. The summed E-state index contributed by atoms with van der Waals surface area (Å²) in [4.78, 5) is 4.51. The molecular weight excluding hydrogens is 431 g/mol. The van der Waals surface area contributed by atoms with Crippen LogP contribution in [0.15, 0.2) is 66.7 Å². The van der Waals surface area contributed by atoms with Crippen molar-refractivity contribution in [3.05, 3.63) is 89.2 Å². The summed E-state index contributed by atoms with van der Waals surface area (Å²) < 4.78 is 24.6. The highest BCUT2D eigenvalue weighted by molar-refractivity contribution is 5.53. The number of hydrogen-bond donors (Lipinski definition) is 1. The van der Waals surface area contributed by atoms with Crippen LogP contribution < -0.4 is 9.64 Å². The number of methoxy groups -OCH3 is 1. The van der Waals surface area contributed by atoms with Crippen molar-refractivity contribution in [1.82, 2.24) is 4.90 Å². The zero-order valence-electron chi connectivity index (χ0n) is 19.9. The highest BCUT2D eigenvalue weighted by Gasteiger charge is 2.28. The second-order valence-electron chi connectivity index (χ2n) is 8.81. The Balaban J connectivity index is 1.47. The lowest BCUT2D eigenvalue weighted by molar-refractivity contribution is 0.150. The molecule has 4 rings (SSSR count). The fourth-order valence-electron chi connectivity index (χ4n) is 4.48. The minimum Gasteiger partial charge on any atom is -0.508 e. The summed E-state index contributed by atoms with van der Waals surface area (Å²) in [6.07, 6.45) is 1.64. The number of likely N-dealkylation sites (N-methyl/N-ethyl adjacent to an activating group) is 1. The van der Waals surface area contributed by atoms with E-state index in [-0.39, 0.29) is 11.9 Å². The Morgan fingerprint density at radius 1 is 1.00 bits per heavy atom. The van der Waals surface area contributed by atoms with E-state index in [9.17, 15) is 9.50 Å². The van der Waals surface area contributed by atoms with Gasteiger partial charge in [-0.3, -0.25) is 0 Å². The summed E-state index contributed by atoms with van der Waals surface area (Å²) in [5.74, 6) is 0.915. The van der Waals surface area contributed by atoms with Gasteiger partial charge in [-0.15, -0.1) is 0 Å². The van der Waals surface area contributed by atoms with Crippen molar-refractivity contribution in [3.8, 4) is 11.5 Å². The number of hydrogen-bond acceptors (Lipinski definition) is 5. The van der Waals surface area contributed by atoms with Crippen LogP contribution in [0.1, 0.15) is 22.7 Å². The topological polar surface area (TPSA) is 45.2 Å². The second kappa shape index (κ2) is 11.4. The van der Waals surface area contributed by atoms with Crippen LogP contribution in [0, 0.1) is 5.82 Å². The number of phenolic OH excluding ortho intramolecular Hbond substituents is 1. The quantitative estimate of drug-likeness (QED) is 0.465. The van der Waals surface area contributed by atoms with Crippen LogP contribution in [-0.4, -0.2) is 57.0 Å². The molecule has 0 amide bonds. The molecule has 0 saturated heterocycles. The Hall–Kier alpha value is -3.09. The summed E-state index contributed by atoms with van der Waals surface area (Å²) in [6.45, 7) is 3.86.